The Morgan fingerprint density at radius 1 is 1.29 bits per heavy atom. The van der Waals surface area contributed by atoms with Crippen LogP contribution in [0, 0.1) is 5.92 Å². The van der Waals surface area contributed by atoms with Crippen LogP contribution in [0.4, 0.5) is 0 Å². The average Bonchev–Trinajstić information content (AvgIpc) is 3.21. The van der Waals surface area contributed by atoms with Crippen molar-refractivity contribution in [3.8, 4) is 10.6 Å². The maximum atomic E-state index is 11.6. The zero-order valence-electron chi connectivity index (χ0n) is 16.6. The van der Waals surface area contributed by atoms with Crippen LogP contribution >= 0.6 is 11.3 Å². The van der Waals surface area contributed by atoms with Crippen LogP contribution in [0.25, 0.3) is 10.6 Å². The van der Waals surface area contributed by atoms with E-state index in [0.29, 0.717) is 12.3 Å². The highest BCUT2D eigenvalue weighted by molar-refractivity contribution is 7.13. The highest BCUT2D eigenvalue weighted by atomic mass is 32.1. The third-order valence-electron chi connectivity index (χ3n) is 5.12. The monoisotopic (exact) mass is 399 g/mol. The topological polar surface area (TPSA) is 69.6 Å². The molecule has 1 amide bonds. The van der Waals surface area contributed by atoms with Crippen LogP contribution in [0.3, 0.4) is 0 Å². The summed E-state index contributed by atoms with van der Waals surface area (Å²) < 4.78 is 0. The first-order valence-electron chi connectivity index (χ1n) is 9.85. The van der Waals surface area contributed by atoms with E-state index < -0.39 is 0 Å². The summed E-state index contributed by atoms with van der Waals surface area (Å²) in [5.74, 6) is 1.55. The number of carbonyl (C=O) groups excluding carboxylic acids is 1. The van der Waals surface area contributed by atoms with Crippen LogP contribution in [-0.4, -0.2) is 55.5 Å². The molecule has 0 radical (unpaired) electrons. The molecule has 7 heteroatoms. The molecule has 2 heterocycles. The number of rotatable bonds is 6. The fourth-order valence-electron chi connectivity index (χ4n) is 3.48. The first-order chi connectivity index (χ1) is 13.7. The van der Waals surface area contributed by atoms with Crippen LogP contribution in [0.1, 0.15) is 25.0 Å². The molecule has 0 saturated carbocycles. The van der Waals surface area contributed by atoms with Crippen molar-refractivity contribution in [2.24, 2.45) is 10.9 Å². The van der Waals surface area contributed by atoms with Crippen molar-refractivity contribution in [2.45, 2.75) is 25.7 Å². The fourth-order valence-corrected chi connectivity index (χ4v) is 4.34. The number of likely N-dealkylation sites (tertiary alicyclic amines) is 1. The Kier molecular flexibility index (Phi) is 7.42. The Hall–Kier alpha value is -2.41. The Morgan fingerprint density at radius 3 is 2.71 bits per heavy atom. The van der Waals surface area contributed by atoms with Gasteiger partial charge < -0.3 is 15.5 Å². The lowest BCUT2D eigenvalue weighted by Gasteiger charge is -2.34. The zero-order chi connectivity index (χ0) is 19.8. The van der Waals surface area contributed by atoms with Crippen molar-refractivity contribution in [2.75, 3.05) is 33.7 Å². The molecule has 0 atom stereocenters. The number of piperidine rings is 1. The molecule has 150 valence electrons. The third-order valence-corrected chi connectivity index (χ3v) is 6.06. The SMILES string of the molecule is CN=C(NCCc1csc(-c2ccccc2)n1)N1CCC(CC(=O)NC)CC1. The van der Waals surface area contributed by atoms with Crippen molar-refractivity contribution in [1.82, 2.24) is 20.5 Å². The van der Waals surface area contributed by atoms with Gasteiger partial charge in [-0.2, -0.15) is 0 Å². The smallest absolute Gasteiger partial charge is 0.220 e. The number of nitrogens with one attached hydrogen (secondary N) is 2. The number of aliphatic imine (C=N–C) groups is 1. The van der Waals surface area contributed by atoms with E-state index >= 15 is 0 Å². The number of guanidine groups is 1. The summed E-state index contributed by atoms with van der Waals surface area (Å²) >= 11 is 1.69. The van der Waals surface area contributed by atoms with Gasteiger partial charge in [-0.1, -0.05) is 30.3 Å². The molecule has 1 aliphatic rings. The molecular weight excluding hydrogens is 370 g/mol. The summed E-state index contributed by atoms with van der Waals surface area (Å²) in [5, 5.41) is 9.39. The number of benzene rings is 1. The van der Waals surface area contributed by atoms with Crippen LogP contribution in [0.2, 0.25) is 0 Å². The van der Waals surface area contributed by atoms with Crippen molar-refractivity contribution in [3.05, 3.63) is 41.4 Å². The second-order valence-electron chi connectivity index (χ2n) is 7.04. The van der Waals surface area contributed by atoms with Crippen molar-refractivity contribution in [1.29, 1.82) is 0 Å². The number of aromatic nitrogens is 1. The first-order valence-corrected chi connectivity index (χ1v) is 10.7. The van der Waals surface area contributed by atoms with Crippen molar-refractivity contribution >= 4 is 23.2 Å². The van der Waals surface area contributed by atoms with Gasteiger partial charge in [-0.25, -0.2) is 4.98 Å². The Morgan fingerprint density at radius 2 is 2.04 bits per heavy atom. The number of thiazole rings is 1. The second kappa shape index (κ2) is 10.2. The van der Waals surface area contributed by atoms with Gasteiger partial charge >= 0.3 is 0 Å². The number of carbonyl (C=O) groups is 1. The van der Waals surface area contributed by atoms with E-state index in [4.69, 9.17) is 4.98 Å². The van der Waals surface area contributed by atoms with Gasteiger partial charge in [-0.05, 0) is 18.8 Å². The maximum absolute atomic E-state index is 11.6. The number of hydrogen-bond acceptors (Lipinski definition) is 4. The Bertz CT molecular complexity index is 781. The predicted octanol–water partition coefficient (Wildman–Crippen LogP) is 2.78. The van der Waals surface area contributed by atoms with Gasteiger partial charge in [-0.15, -0.1) is 11.3 Å². The van der Waals surface area contributed by atoms with Gasteiger partial charge in [0.05, 0.1) is 5.69 Å². The molecule has 3 rings (SSSR count). The Balaban J connectivity index is 1.44. The molecule has 0 unspecified atom stereocenters. The minimum Gasteiger partial charge on any atom is -0.359 e. The summed E-state index contributed by atoms with van der Waals surface area (Å²) in [7, 11) is 3.53. The molecule has 6 nitrogen and oxygen atoms in total. The molecule has 2 N–H and O–H groups in total. The van der Waals surface area contributed by atoms with E-state index in [1.54, 1.807) is 18.4 Å². The fraction of sp³-hybridized carbons (Fsp3) is 0.476. The van der Waals surface area contributed by atoms with Gasteiger partial charge in [0.25, 0.3) is 0 Å². The van der Waals surface area contributed by atoms with E-state index in [-0.39, 0.29) is 5.91 Å². The van der Waals surface area contributed by atoms with E-state index in [9.17, 15) is 4.79 Å². The van der Waals surface area contributed by atoms with Gasteiger partial charge in [0, 0.05) is 57.5 Å². The van der Waals surface area contributed by atoms with Gasteiger partial charge in [-0.3, -0.25) is 9.79 Å². The highest BCUT2D eigenvalue weighted by Gasteiger charge is 2.22. The number of amides is 1. The van der Waals surface area contributed by atoms with Crippen LogP contribution < -0.4 is 10.6 Å². The van der Waals surface area contributed by atoms with E-state index in [0.717, 1.165) is 55.6 Å². The lowest BCUT2D eigenvalue weighted by atomic mass is 9.93. The lowest BCUT2D eigenvalue weighted by molar-refractivity contribution is -0.121. The Labute approximate surface area is 171 Å². The molecular formula is C21H29N5OS. The summed E-state index contributed by atoms with van der Waals surface area (Å²) in [6, 6.07) is 10.3. The first kappa shape index (κ1) is 20.3. The summed E-state index contributed by atoms with van der Waals surface area (Å²) in [4.78, 5) is 23.0. The third kappa shape index (κ3) is 5.55. The normalized spacial score (nSPS) is 15.5. The average molecular weight is 400 g/mol. The summed E-state index contributed by atoms with van der Waals surface area (Å²) in [6.45, 7) is 2.69. The van der Waals surface area contributed by atoms with Gasteiger partial charge in [0.15, 0.2) is 5.96 Å². The van der Waals surface area contributed by atoms with Gasteiger partial charge in [0.1, 0.15) is 5.01 Å². The zero-order valence-corrected chi connectivity index (χ0v) is 17.5. The highest BCUT2D eigenvalue weighted by Crippen LogP contribution is 2.23. The maximum Gasteiger partial charge on any atom is 0.220 e. The predicted molar refractivity (Wildman–Crippen MR) is 116 cm³/mol. The van der Waals surface area contributed by atoms with E-state index in [1.165, 1.54) is 5.56 Å². The molecule has 1 aliphatic heterocycles. The van der Waals surface area contributed by atoms with Gasteiger partial charge in [0.2, 0.25) is 5.91 Å². The van der Waals surface area contributed by atoms with E-state index in [1.807, 2.05) is 25.2 Å². The molecule has 0 spiro atoms. The second-order valence-corrected chi connectivity index (χ2v) is 7.90. The van der Waals surface area contributed by atoms with Crippen LogP contribution in [0.15, 0.2) is 40.7 Å². The van der Waals surface area contributed by atoms with Crippen LogP contribution in [-0.2, 0) is 11.2 Å². The van der Waals surface area contributed by atoms with Crippen LogP contribution in [0.5, 0.6) is 0 Å². The van der Waals surface area contributed by atoms with E-state index in [2.05, 4.69) is 38.0 Å². The molecule has 1 saturated heterocycles. The quantitative estimate of drug-likeness (QED) is 0.579. The summed E-state index contributed by atoms with van der Waals surface area (Å²) in [6.07, 6.45) is 3.56. The molecule has 0 aliphatic carbocycles. The molecule has 2 aromatic rings. The standard InChI is InChI=1S/C21H29N5OS/c1-22-19(27)14-16-9-12-26(13-10-16)21(23-2)24-11-8-18-15-28-20(25-18)17-6-4-3-5-7-17/h3-7,15-16H,8-14H2,1-2H3,(H,22,27)(H,23,24). The largest absolute Gasteiger partial charge is 0.359 e. The number of hydrogen-bond donors (Lipinski definition) is 2. The minimum atomic E-state index is 0.138. The number of nitrogens with zero attached hydrogens (tertiary/aromatic N) is 3. The molecule has 1 aromatic heterocycles. The summed E-state index contributed by atoms with van der Waals surface area (Å²) in [5.41, 5.74) is 2.28. The minimum absolute atomic E-state index is 0.138. The lowest BCUT2D eigenvalue weighted by Crippen LogP contribution is -2.46. The molecule has 1 aromatic carbocycles. The molecule has 28 heavy (non-hydrogen) atoms. The molecule has 1 fully saturated rings. The van der Waals surface area contributed by atoms with Crippen molar-refractivity contribution < 1.29 is 4.79 Å². The van der Waals surface area contributed by atoms with Crippen molar-refractivity contribution in [3.63, 3.8) is 0 Å². The molecule has 0 bridgehead atoms.